The normalized spacial score (nSPS) is 18.8. The lowest BCUT2D eigenvalue weighted by molar-refractivity contribution is -0.118. The molecule has 3 heterocycles. The second-order valence-electron chi connectivity index (χ2n) is 19.5. The van der Waals surface area contributed by atoms with Crippen LogP contribution in [0.15, 0.2) is 109 Å². The van der Waals surface area contributed by atoms with Crippen molar-refractivity contribution in [2.75, 3.05) is 67.2 Å². The average Bonchev–Trinajstić information content (AvgIpc) is 3.69. The van der Waals surface area contributed by atoms with Crippen molar-refractivity contribution in [3.05, 3.63) is 153 Å². The van der Waals surface area contributed by atoms with Gasteiger partial charge in [0.25, 0.3) is 5.91 Å². The largest absolute Gasteiger partial charge is 0.507 e. The van der Waals surface area contributed by atoms with Gasteiger partial charge in [-0.25, -0.2) is 8.78 Å². The summed E-state index contributed by atoms with van der Waals surface area (Å²) >= 11 is 12.5. The van der Waals surface area contributed by atoms with Gasteiger partial charge in [-0.1, -0.05) is 86.4 Å². The molecular weight excluding hydrogens is 974 g/mol. The van der Waals surface area contributed by atoms with Gasteiger partial charge in [-0.05, 0) is 103 Å². The van der Waals surface area contributed by atoms with Gasteiger partial charge in [0, 0.05) is 78.6 Å². The number of para-hydroxylation sites is 1. The van der Waals surface area contributed by atoms with Crippen molar-refractivity contribution in [2.24, 2.45) is 5.41 Å². The Morgan fingerprint density at radius 2 is 1.67 bits per heavy atom. The van der Waals surface area contributed by atoms with Crippen LogP contribution in [0.2, 0.25) is 10.0 Å². The molecule has 2 saturated heterocycles. The summed E-state index contributed by atoms with van der Waals surface area (Å²) in [5, 5.41) is 42.4. The van der Waals surface area contributed by atoms with Gasteiger partial charge in [-0.2, -0.15) is 5.26 Å². The number of phenolic OH excluding ortho intramolecular Hbond substituents is 1. The molecule has 2 fully saturated rings. The van der Waals surface area contributed by atoms with Crippen LogP contribution in [0.1, 0.15) is 66.6 Å². The van der Waals surface area contributed by atoms with Gasteiger partial charge < -0.3 is 46.6 Å². The van der Waals surface area contributed by atoms with E-state index < -0.39 is 46.4 Å². The van der Waals surface area contributed by atoms with Crippen LogP contribution in [-0.4, -0.2) is 85.6 Å². The Labute approximate surface area is 433 Å². The summed E-state index contributed by atoms with van der Waals surface area (Å²) < 4.78 is 37.9. The molecule has 0 bridgehead atoms. The molecule has 14 nitrogen and oxygen atoms in total. The zero-order chi connectivity index (χ0) is 52.0. The van der Waals surface area contributed by atoms with Crippen molar-refractivity contribution in [3.8, 4) is 28.8 Å². The molecule has 5 aromatic carbocycles. The minimum atomic E-state index is -1.80. The first-order valence-corrected chi connectivity index (χ1v) is 24.8. The molecule has 0 aliphatic carbocycles. The first-order valence-electron chi connectivity index (χ1n) is 24.1. The number of hydrogen-bond acceptors (Lipinski definition) is 12. The van der Waals surface area contributed by atoms with Gasteiger partial charge in [0.1, 0.15) is 28.5 Å². The standard InChI is InChI=1S/C55H58Cl2F2N10O4/c1-54(2,3)30-47-55(32-60,39-19-16-35(56)28-41(39)58)48(38-10-7-11-40(57)49(38)59)50(65-47)53(72)64-42-20-15-34(27-46(42)73-4)52(71)63-22-8-21-62-31-33-13-17-36(18-14-33)68-23-25-69(26-24-68)44-29-43(66-67-51(44)61)37-9-5-6-12-45(37)70/h5-7,9-20,27-29,47-48,50,62,65,70H,8,21-26,30-31H2,1-4H3,(H2,61,67)(H,63,71)(H,64,72)/t47-,48-,50+,55-/m0/s1. The fourth-order valence-electron chi connectivity index (χ4n) is 9.95. The summed E-state index contributed by atoms with van der Waals surface area (Å²) in [4.78, 5) is 32.4. The van der Waals surface area contributed by atoms with Crippen LogP contribution in [0.3, 0.4) is 0 Å². The minimum Gasteiger partial charge on any atom is -0.507 e. The number of amides is 2. The van der Waals surface area contributed by atoms with Crippen molar-refractivity contribution in [1.82, 2.24) is 26.1 Å². The number of methoxy groups -OCH3 is 1. The molecule has 2 aliphatic rings. The highest BCUT2D eigenvalue weighted by molar-refractivity contribution is 6.31. The third-order valence-corrected chi connectivity index (χ3v) is 14.0. The number of anilines is 4. The van der Waals surface area contributed by atoms with Gasteiger partial charge in [0.2, 0.25) is 5.91 Å². The van der Waals surface area contributed by atoms with E-state index in [0.29, 0.717) is 55.1 Å². The fourth-order valence-corrected chi connectivity index (χ4v) is 10.3. The summed E-state index contributed by atoms with van der Waals surface area (Å²) in [5.41, 5.74) is 8.68. The molecule has 380 valence electrons. The molecular formula is C55H58Cl2F2N10O4. The maximum absolute atomic E-state index is 16.2. The van der Waals surface area contributed by atoms with Crippen molar-refractivity contribution in [3.63, 3.8) is 0 Å². The lowest BCUT2D eigenvalue weighted by Crippen LogP contribution is -2.46. The molecule has 1 aromatic heterocycles. The number of aromatic nitrogens is 2. The van der Waals surface area contributed by atoms with Crippen molar-refractivity contribution in [2.45, 2.75) is 63.6 Å². The summed E-state index contributed by atoms with van der Waals surface area (Å²) in [5.74, 6) is -3.17. The number of aromatic hydroxyl groups is 1. The number of piperazine rings is 1. The van der Waals surface area contributed by atoms with Crippen LogP contribution < -0.4 is 41.5 Å². The fraction of sp³-hybridized carbons (Fsp3) is 0.327. The summed E-state index contributed by atoms with van der Waals surface area (Å²) in [6.07, 6.45) is 0.965. The molecule has 0 saturated carbocycles. The lowest BCUT2D eigenvalue weighted by atomic mass is 9.62. The minimum absolute atomic E-state index is 0.0343. The Bertz CT molecular complexity index is 3020. The number of nitrogen functional groups attached to an aromatic ring is 1. The molecule has 0 radical (unpaired) electrons. The van der Waals surface area contributed by atoms with E-state index in [1.807, 2.05) is 32.9 Å². The summed E-state index contributed by atoms with van der Waals surface area (Å²) in [6, 6.07) is 30.5. The zero-order valence-corrected chi connectivity index (χ0v) is 42.5. The molecule has 2 aliphatic heterocycles. The van der Waals surface area contributed by atoms with Crippen LogP contribution in [0, 0.1) is 28.4 Å². The number of halogens is 4. The third-order valence-electron chi connectivity index (χ3n) is 13.5. The Morgan fingerprint density at radius 1 is 0.932 bits per heavy atom. The number of phenols is 1. The molecule has 8 rings (SSSR count). The van der Waals surface area contributed by atoms with E-state index in [4.69, 9.17) is 33.7 Å². The number of carbonyl (C=O) groups excluding carboxylic acids is 2. The molecule has 0 spiro atoms. The summed E-state index contributed by atoms with van der Waals surface area (Å²) in [6.45, 7) is 10.6. The Kier molecular flexibility index (Phi) is 16.0. The van der Waals surface area contributed by atoms with E-state index >= 15 is 8.78 Å². The van der Waals surface area contributed by atoms with Gasteiger partial charge in [0.05, 0.1) is 41.3 Å². The van der Waals surface area contributed by atoms with Gasteiger partial charge in [-0.3, -0.25) is 9.59 Å². The molecule has 6 aromatic rings. The smallest absolute Gasteiger partial charge is 0.251 e. The number of rotatable bonds is 16. The number of hydrogen-bond donors (Lipinski definition) is 6. The number of nitriles is 1. The highest BCUT2D eigenvalue weighted by Crippen LogP contribution is 2.53. The maximum atomic E-state index is 16.2. The molecule has 18 heteroatoms. The predicted molar refractivity (Wildman–Crippen MR) is 282 cm³/mol. The number of benzene rings is 5. The SMILES string of the molecule is COc1cc(C(=O)NCCCNCc2ccc(N3CCN(c4cc(-c5ccccc5O)nnc4N)CC3)cc2)ccc1NC(=O)[C@@H]1N[C@@H](CC(C)(C)C)[C@](C#N)(c2ccc(Cl)cc2F)[C@H]1c1cccc(Cl)c1F. The van der Waals surface area contributed by atoms with Gasteiger partial charge >= 0.3 is 0 Å². The second kappa shape index (κ2) is 22.4. The number of nitrogens with zero attached hydrogens (tertiary/aromatic N) is 5. The number of nitrogens with one attached hydrogen (secondary N) is 4. The maximum Gasteiger partial charge on any atom is 0.251 e. The van der Waals surface area contributed by atoms with Crippen LogP contribution >= 0.6 is 23.2 Å². The first-order chi connectivity index (χ1) is 35.0. The Morgan fingerprint density at radius 3 is 2.37 bits per heavy atom. The Hall–Kier alpha value is -7.03. The number of carbonyl (C=O) groups is 2. The van der Waals surface area contributed by atoms with Crippen molar-refractivity contribution in [1.29, 1.82) is 5.26 Å². The van der Waals surface area contributed by atoms with E-state index in [-0.39, 0.29) is 44.3 Å². The van der Waals surface area contributed by atoms with E-state index in [9.17, 15) is 20.0 Å². The van der Waals surface area contributed by atoms with E-state index in [1.54, 1.807) is 24.3 Å². The number of ether oxygens (including phenoxy) is 1. The topological polar surface area (TPSA) is 194 Å². The molecule has 0 unspecified atom stereocenters. The van der Waals surface area contributed by atoms with Crippen LogP contribution in [0.25, 0.3) is 11.3 Å². The van der Waals surface area contributed by atoms with E-state index in [0.717, 1.165) is 49.2 Å². The van der Waals surface area contributed by atoms with Crippen LogP contribution in [0.4, 0.5) is 31.7 Å². The zero-order valence-electron chi connectivity index (χ0n) is 41.0. The lowest BCUT2D eigenvalue weighted by Gasteiger charge is -2.37. The second-order valence-corrected chi connectivity index (χ2v) is 20.4. The van der Waals surface area contributed by atoms with E-state index in [2.05, 4.69) is 71.6 Å². The summed E-state index contributed by atoms with van der Waals surface area (Å²) in [7, 11) is 1.41. The quantitative estimate of drug-likeness (QED) is 0.0504. The molecule has 4 atom stereocenters. The molecule has 2 amide bonds. The highest BCUT2D eigenvalue weighted by Gasteiger charge is 2.61. The van der Waals surface area contributed by atoms with Crippen molar-refractivity contribution < 1.29 is 28.2 Å². The Balaban J connectivity index is 0.848. The molecule has 7 N–H and O–H groups in total. The van der Waals surface area contributed by atoms with Gasteiger partial charge in [-0.15, -0.1) is 10.2 Å². The van der Waals surface area contributed by atoms with E-state index in [1.165, 1.54) is 49.6 Å². The van der Waals surface area contributed by atoms with Crippen molar-refractivity contribution >= 4 is 57.9 Å². The van der Waals surface area contributed by atoms with Crippen LogP contribution in [-0.2, 0) is 16.8 Å². The average molecular weight is 1030 g/mol. The highest BCUT2D eigenvalue weighted by atomic mass is 35.5. The number of nitrogens with two attached hydrogens (primary N) is 1. The predicted octanol–water partition coefficient (Wildman–Crippen LogP) is 9.22. The van der Waals surface area contributed by atoms with Crippen LogP contribution in [0.5, 0.6) is 11.5 Å². The first kappa shape index (κ1) is 52.3. The third kappa shape index (κ3) is 11.5. The van der Waals surface area contributed by atoms with Gasteiger partial charge in [0.15, 0.2) is 5.82 Å². The molecule has 73 heavy (non-hydrogen) atoms. The monoisotopic (exact) mass is 1030 g/mol.